The van der Waals surface area contributed by atoms with Crippen LogP contribution in [-0.4, -0.2) is 30.4 Å². The first-order chi connectivity index (χ1) is 9.19. The SMILES string of the molecule is O=C(CS)NCCCOC12CC3CC(CC(C3)C1)C2. The molecule has 0 aromatic rings. The van der Waals surface area contributed by atoms with Crippen molar-refractivity contribution in [3.63, 3.8) is 0 Å². The first kappa shape index (κ1) is 13.7. The van der Waals surface area contributed by atoms with Gasteiger partial charge in [0.15, 0.2) is 0 Å². The van der Waals surface area contributed by atoms with Gasteiger partial charge in [0.25, 0.3) is 0 Å². The van der Waals surface area contributed by atoms with Crippen molar-refractivity contribution >= 4 is 18.5 Å². The molecule has 3 nitrogen and oxygen atoms in total. The molecule has 4 bridgehead atoms. The summed E-state index contributed by atoms with van der Waals surface area (Å²) < 4.78 is 6.29. The highest BCUT2D eigenvalue weighted by atomic mass is 32.1. The third kappa shape index (κ3) is 3.10. The fourth-order valence-electron chi connectivity index (χ4n) is 4.85. The molecule has 4 aliphatic carbocycles. The number of rotatable bonds is 6. The Labute approximate surface area is 121 Å². The van der Waals surface area contributed by atoms with Crippen LogP contribution in [0.15, 0.2) is 0 Å². The van der Waals surface area contributed by atoms with Gasteiger partial charge in [0.05, 0.1) is 11.4 Å². The van der Waals surface area contributed by atoms with Crippen molar-refractivity contribution < 1.29 is 9.53 Å². The molecule has 0 aromatic heterocycles. The van der Waals surface area contributed by atoms with E-state index < -0.39 is 0 Å². The van der Waals surface area contributed by atoms with Crippen LogP contribution in [-0.2, 0) is 9.53 Å². The predicted octanol–water partition coefficient (Wildman–Crippen LogP) is 2.41. The molecule has 0 radical (unpaired) electrons. The lowest BCUT2D eigenvalue weighted by atomic mass is 9.54. The Balaban J connectivity index is 1.41. The Hall–Kier alpha value is -0.220. The van der Waals surface area contributed by atoms with Crippen molar-refractivity contribution in [1.82, 2.24) is 5.32 Å². The van der Waals surface area contributed by atoms with Gasteiger partial charge in [0.2, 0.25) is 5.91 Å². The van der Waals surface area contributed by atoms with Gasteiger partial charge in [-0.3, -0.25) is 4.79 Å². The van der Waals surface area contributed by atoms with E-state index in [2.05, 4.69) is 17.9 Å². The van der Waals surface area contributed by atoms with Crippen LogP contribution in [0.25, 0.3) is 0 Å². The molecule has 0 aliphatic heterocycles. The molecule has 0 unspecified atom stereocenters. The summed E-state index contributed by atoms with van der Waals surface area (Å²) in [5.41, 5.74) is 0.211. The van der Waals surface area contributed by atoms with Crippen molar-refractivity contribution in [3.05, 3.63) is 0 Å². The molecule has 4 aliphatic rings. The molecule has 108 valence electrons. The number of thiol groups is 1. The van der Waals surface area contributed by atoms with Gasteiger partial charge in [-0.25, -0.2) is 0 Å². The second-order valence-corrected chi connectivity index (χ2v) is 7.13. The maximum atomic E-state index is 11.1. The topological polar surface area (TPSA) is 38.3 Å². The molecule has 4 saturated carbocycles. The number of carbonyl (C=O) groups is 1. The Morgan fingerprint density at radius 2 is 1.74 bits per heavy atom. The quantitative estimate of drug-likeness (QED) is 0.580. The van der Waals surface area contributed by atoms with Gasteiger partial charge < -0.3 is 10.1 Å². The minimum atomic E-state index is 0.0122. The highest BCUT2D eigenvalue weighted by Gasteiger charge is 2.51. The summed E-state index contributed by atoms with van der Waals surface area (Å²) in [5, 5.41) is 2.85. The van der Waals surface area contributed by atoms with Crippen LogP contribution in [0.4, 0.5) is 0 Å². The highest BCUT2D eigenvalue weighted by molar-refractivity contribution is 7.81. The van der Waals surface area contributed by atoms with E-state index in [1.54, 1.807) is 0 Å². The summed E-state index contributed by atoms with van der Waals surface area (Å²) in [6, 6.07) is 0. The van der Waals surface area contributed by atoms with Gasteiger partial charge in [-0.15, -0.1) is 0 Å². The lowest BCUT2D eigenvalue weighted by Crippen LogP contribution is -2.52. The Morgan fingerprint density at radius 1 is 1.16 bits per heavy atom. The number of amides is 1. The lowest BCUT2D eigenvalue weighted by Gasteiger charge is -2.56. The third-order valence-corrected chi connectivity index (χ3v) is 5.46. The summed E-state index contributed by atoms with van der Waals surface area (Å²) in [4.78, 5) is 11.1. The fraction of sp³-hybridized carbons (Fsp3) is 0.933. The summed E-state index contributed by atoms with van der Waals surface area (Å²) in [6.07, 6.45) is 9.18. The maximum absolute atomic E-state index is 11.1. The molecule has 1 N–H and O–H groups in total. The van der Waals surface area contributed by atoms with Crippen molar-refractivity contribution in [3.8, 4) is 0 Å². The standard InChI is InChI=1S/C15H25NO2S/c17-14(10-19)16-2-1-3-18-15-7-11-4-12(8-15)6-13(5-11)9-15/h11-13,19H,1-10H2,(H,16,17). The zero-order chi connectivity index (χ0) is 13.3. The molecule has 1 amide bonds. The van der Waals surface area contributed by atoms with E-state index in [1.165, 1.54) is 38.5 Å². The zero-order valence-electron chi connectivity index (χ0n) is 11.6. The van der Waals surface area contributed by atoms with Crippen LogP contribution >= 0.6 is 12.6 Å². The highest BCUT2D eigenvalue weighted by Crippen LogP contribution is 2.57. The molecule has 4 heteroatoms. The molecule has 0 aromatic carbocycles. The van der Waals surface area contributed by atoms with E-state index >= 15 is 0 Å². The predicted molar refractivity (Wildman–Crippen MR) is 78.3 cm³/mol. The smallest absolute Gasteiger partial charge is 0.229 e. The van der Waals surface area contributed by atoms with Crippen molar-refractivity contribution in [1.29, 1.82) is 0 Å². The minimum absolute atomic E-state index is 0.0122. The number of hydrogen-bond acceptors (Lipinski definition) is 3. The molecular weight excluding hydrogens is 258 g/mol. The van der Waals surface area contributed by atoms with Crippen molar-refractivity contribution in [2.45, 2.75) is 50.5 Å². The van der Waals surface area contributed by atoms with Crippen molar-refractivity contribution in [2.75, 3.05) is 18.9 Å². The van der Waals surface area contributed by atoms with E-state index in [1.807, 2.05) is 0 Å². The van der Waals surface area contributed by atoms with Crippen LogP contribution < -0.4 is 5.32 Å². The lowest BCUT2D eigenvalue weighted by molar-refractivity contribution is -0.162. The summed E-state index contributed by atoms with van der Waals surface area (Å²) in [6.45, 7) is 1.50. The van der Waals surface area contributed by atoms with Gasteiger partial charge in [-0.1, -0.05) is 0 Å². The molecule has 4 rings (SSSR count). The second kappa shape index (κ2) is 5.65. The van der Waals surface area contributed by atoms with Crippen LogP contribution in [0.5, 0.6) is 0 Å². The minimum Gasteiger partial charge on any atom is -0.375 e. The van der Waals surface area contributed by atoms with Gasteiger partial charge in [0, 0.05) is 13.2 Å². The van der Waals surface area contributed by atoms with Gasteiger partial charge in [0.1, 0.15) is 0 Å². The van der Waals surface area contributed by atoms with Crippen LogP contribution in [0.3, 0.4) is 0 Å². The van der Waals surface area contributed by atoms with Crippen LogP contribution in [0, 0.1) is 17.8 Å². The molecule has 19 heavy (non-hydrogen) atoms. The first-order valence-electron chi connectivity index (χ1n) is 7.71. The number of ether oxygens (including phenoxy) is 1. The average molecular weight is 283 g/mol. The summed E-state index contributed by atoms with van der Waals surface area (Å²) >= 11 is 3.94. The normalized spacial score (nSPS) is 39.5. The molecule has 0 atom stereocenters. The Morgan fingerprint density at radius 3 is 2.26 bits per heavy atom. The van der Waals surface area contributed by atoms with Gasteiger partial charge in [-0.2, -0.15) is 12.6 Å². The average Bonchev–Trinajstić information content (AvgIpc) is 2.36. The van der Waals surface area contributed by atoms with Crippen LogP contribution in [0.1, 0.15) is 44.9 Å². The molecule has 4 fully saturated rings. The van der Waals surface area contributed by atoms with E-state index in [-0.39, 0.29) is 17.3 Å². The van der Waals surface area contributed by atoms with Crippen LogP contribution in [0.2, 0.25) is 0 Å². The second-order valence-electron chi connectivity index (χ2n) is 6.81. The maximum Gasteiger partial charge on any atom is 0.229 e. The molecular formula is C15H25NO2S. The number of carbonyl (C=O) groups excluding carboxylic acids is 1. The van der Waals surface area contributed by atoms with Gasteiger partial charge >= 0.3 is 0 Å². The molecule has 0 spiro atoms. The molecule has 0 saturated heterocycles. The fourth-order valence-corrected chi connectivity index (χ4v) is 4.96. The van der Waals surface area contributed by atoms with E-state index in [4.69, 9.17) is 4.74 Å². The third-order valence-electron chi connectivity index (χ3n) is 5.18. The Bertz CT molecular complexity index is 310. The monoisotopic (exact) mass is 283 g/mol. The number of hydrogen-bond donors (Lipinski definition) is 2. The first-order valence-corrected chi connectivity index (χ1v) is 8.34. The largest absolute Gasteiger partial charge is 0.375 e. The van der Waals surface area contributed by atoms with Gasteiger partial charge in [-0.05, 0) is 62.7 Å². The summed E-state index contributed by atoms with van der Waals surface area (Å²) in [7, 11) is 0. The molecule has 0 heterocycles. The number of nitrogens with one attached hydrogen (secondary N) is 1. The van der Waals surface area contributed by atoms with E-state index in [0.29, 0.717) is 6.54 Å². The van der Waals surface area contributed by atoms with Crippen molar-refractivity contribution in [2.24, 2.45) is 17.8 Å². The zero-order valence-corrected chi connectivity index (χ0v) is 12.5. The Kier molecular flexibility index (Phi) is 4.08. The van der Waals surface area contributed by atoms with E-state index in [0.717, 1.165) is 30.8 Å². The van der Waals surface area contributed by atoms with E-state index in [9.17, 15) is 4.79 Å². The summed E-state index contributed by atoms with van der Waals surface area (Å²) in [5.74, 6) is 3.11.